The Hall–Kier alpha value is -1.87. The fraction of sp³-hybridized carbons (Fsp3) is 0.588. The lowest BCUT2D eigenvalue weighted by Gasteiger charge is -2.38. The molecule has 0 radical (unpaired) electrons. The average molecular weight is 356 g/mol. The average Bonchev–Trinajstić information content (AvgIpc) is 2.54. The van der Waals surface area contributed by atoms with Crippen LogP contribution in [-0.4, -0.2) is 64.2 Å². The summed E-state index contributed by atoms with van der Waals surface area (Å²) in [6.45, 7) is 5.96. The zero-order valence-corrected chi connectivity index (χ0v) is 14.5. The highest BCUT2D eigenvalue weighted by Gasteiger charge is 2.48. The SMILES string of the molecule is COc1ccc(OC2OC(C(=O)O)C(O)C(O)C2O)cc1C(C)(C)C. The molecular formula is C17H24O8. The van der Waals surface area contributed by atoms with Crippen molar-refractivity contribution in [1.29, 1.82) is 0 Å². The van der Waals surface area contributed by atoms with Gasteiger partial charge >= 0.3 is 5.97 Å². The molecule has 25 heavy (non-hydrogen) atoms. The molecule has 8 heteroatoms. The van der Waals surface area contributed by atoms with Gasteiger partial charge in [0, 0.05) is 5.56 Å². The number of hydrogen-bond donors (Lipinski definition) is 4. The van der Waals surface area contributed by atoms with Gasteiger partial charge in [-0.05, 0) is 23.6 Å². The Labute approximate surface area is 145 Å². The molecule has 1 aromatic rings. The molecular weight excluding hydrogens is 332 g/mol. The van der Waals surface area contributed by atoms with E-state index < -0.39 is 36.7 Å². The summed E-state index contributed by atoms with van der Waals surface area (Å²) >= 11 is 0. The first-order chi connectivity index (χ1) is 11.6. The normalized spacial score (nSPS) is 30.0. The molecule has 140 valence electrons. The lowest BCUT2D eigenvalue weighted by molar-refractivity contribution is -0.271. The summed E-state index contributed by atoms with van der Waals surface area (Å²) in [4.78, 5) is 11.1. The van der Waals surface area contributed by atoms with E-state index in [9.17, 15) is 20.1 Å². The van der Waals surface area contributed by atoms with Crippen molar-refractivity contribution in [3.05, 3.63) is 23.8 Å². The summed E-state index contributed by atoms with van der Waals surface area (Å²) in [5.41, 5.74) is 0.587. The number of carboxylic acids is 1. The number of methoxy groups -OCH3 is 1. The van der Waals surface area contributed by atoms with Gasteiger partial charge in [-0.2, -0.15) is 0 Å². The number of ether oxygens (including phenoxy) is 3. The summed E-state index contributed by atoms with van der Waals surface area (Å²) in [5.74, 6) is -0.497. The van der Waals surface area contributed by atoms with E-state index in [2.05, 4.69) is 0 Å². The maximum atomic E-state index is 11.1. The van der Waals surface area contributed by atoms with Crippen LogP contribution in [0.25, 0.3) is 0 Å². The van der Waals surface area contributed by atoms with Crippen molar-refractivity contribution in [3.8, 4) is 11.5 Å². The number of rotatable bonds is 4. The van der Waals surface area contributed by atoms with Gasteiger partial charge in [0.15, 0.2) is 6.10 Å². The number of benzene rings is 1. The van der Waals surface area contributed by atoms with Gasteiger partial charge in [-0.15, -0.1) is 0 Å². The van der Waals surface area contributed by atoms with Gasteiger partial charge in [-0.1, -0.05) is 20.8 Å². The van der Waals surface area contributed by atoms with Crippen LogP contribution >= 0.6 is 0 Å². The fourth-order valence-corrected chi connectivity index (χ4v) is 2.63. The van der Waals surface area contributed by atoms with Crippen molar-refractivity contribution in [3.63, 3.8) is 0 Å². The molecule has 0 amide bonds. The van der Waals surface area contributed by atoms with Crippen molar-refractivity contribution >= 4 is 5.97 Å². The molecule has 1 aliphatic heterocycles. The zero-order valence-electron chi connectivity index (χ0n) is 14.5. The Morgan fingerprint density at radius 1 is 1.12 bits per heavy atom. The van der Waals surface area contributed by atoms with E-state index in [1.807, 2.05) is 20.8 Å². The van der Waals surface area contributed by atoms with Crippen molar-refractivity contribution in [2.45, 2.75) is 56.9 Å². The van der Waals surface area contributed by atoms with Crippen LogP contribution in [-0.2, 0) is 14.9 Å². The second-order valence-electron chi connectivity index (χ2n) is 6.97. The van der Waals surface area contributed by atoms with E-state index in [0.29, 0.717) is 11.5 Å². The second kappa shape index (κ2) is 7.17. The van der Waals surface area contributed by atoms with Crippen LogP contribution < -0.4 is 9.47 Å². The second-order valence-corrected chi connectivity index (χ2v) is 6.97. The summed E-state index contributed by atoms with van der Waals surface area (Å²) in [5, 5.41) is 38.6. The zero-order chi connectivity index (χ0) is 18.9. The van der Waals surface area contributed by atoms with E-state index in [4.69, 9.17) is 19.3 Å². The number of aliphatic carboxylic acids is 1. The molecule has 0 aromatic heterocycles. The van der Waals surface area contributed by atoms with E-state index in [0.717, 1.165) is 5.56 Å². The monoisotopic (exact) mass is 356 g/mol. The van der Waals surface area contributed by atoms with Crippen LogP contribution in [0.15, 0.2) is 18.2 Å². The molecule has 2 rings (SSSR count). The molecule has 1 heterocycles. The smallest absolute Gasteiger partial charge is 0.335 e. The Bertz CT molecular complexity index is 624. The number of aliphatic hydroxyl groups excluding tert-OH is 3. The minimum atomic E-state index is -1.76. The van der Waals surface area contributed by atoms with Gasteiger partial charge in [0.25, 0.3) is 0 Å². The first kappa shape index (κ1) is 19.5. The predicted octanol–water partition coefficient (Wildman–Crippen LogP) is 0.264. The summed E-state index contributed by atoms with van der Waals surface area (Å²) in [7, 11) is 1.55. The van der Waals surface area contributed by atoms with E-state index >= 15 is 0 Å². The molecule has 1 aliphatic rings. The first-order valence-electron chi connectivity index (χ1n) is 7.84. The third-order valence-corrected chi connectivity index (χ3v) is 4.04. The molecule has 5 unspecified atom stereocenters. The van der Waals surface area contributed by atoms with Crippen LogP contribution in [0.1, 0.15) is 26.3 Å². The number of hydrogen-bond acceptors (Lipinski definition) is 7. The Balaban J connectivity index is 2.27. The number of carboxylic acid groups (broad SMARTS) is 1. The standard InChI is InChI=1S/C17H24O8/c1-17(2,3)9-7-8(5-6-10(9)23-4)24-16-13(20)11(18)12(19)14(25-16)15(21)22/h5-7,11-14,16,18-20H,1-4H3,(H,21,22). The Morgan fingerprint density at radius 3 is 2.28 bits per heavy atom. The minimum Gasteiger partial charge on any atom is -0.496 e. The van der Waals surface area contributed by atoms with Gasteiger partial charge in [0.2, 0.25) is 6.29 Å². The Kier molecular flexibility index (Phi) is 5.58. The van der Waals surface area contributed by atoms with Crippen LogP contribution in [0.5, 0.6) is 11.5 Å². The van der Waals surface area contributed by atoms with Gasteiger partial charge in [-0.3, -0.25) is 0 Å². The molecule has 1 aromatic carbocycles. The Morgan fingerprint density at radius 2 is 1.76 bits per heavy atom. The lowest BCUT2D eigenvalue weighted by atomic mass is 9.86. The summed E-state index contributed by atoms with van der Waals surface area (Å²) < 4.78 is 16.0. The third-order valence-electron chi connectivity index (χ3n) is 4.04. The lowest BCUT2D eigenvalue weighted by Crippen LogP contribution is -2.61. The molecule has 4 N–H and O–H groups in total. The highest BCUT2D eigenvalue weighted by atomic mass is 16.7. The van der Waals surface area contributed by atoms with Gasteiger partial charge in [-0.25, -0.2) is 4.79 Å². The molecule has 8 nitrogen and oxygen atoms in total. The molecule has 0 saturated carbocycles. The molecule has 0 aliphatic carbocycles. The van der Waals surface area contributed by atoms with Gasteiger partial charge in [0.1, 0.15) is 29.8 Å². The molecule has 5 atom stereocenters. The van der Waals surface area contributed by atoms with Gasteiger partial charge < -0.3 is 34.6 Å². The van der Waals surface area contributed by atoms with E-state index in [1.54, 1.807) is 25.3 Å². The quantitative estimate of drug-likeness (QED) is 0.605. The highest BCUT2D eigenvalue weighted by molar-refractivity contribution is 5.73. The minimum absolute atomic E-state index is 0.254. The molecule has 0 bridgehead atoms. The first-order valence-corrected chi connectivity index (χ1v) is 7.84. The third kappa shape index (κ3) is 4.04. The molecule has 0 spiro atoms. The van der Waals surface area contributed by atoms with Crippen LogP contribution in [0.4, 0.5) is 0 Å². The fourth-order valence-electron chi connectivity index (χ4n) is 2.63. The summed E-state index contributed by atoms with van der Waals surface area (Å²) in [6.07, 6.45) is -8.22. The largest absolute Gasteiger partial charge is 0.496 e. The maximum Gasteiger partial charge on any atom is 0.335 e. The van der Waals surface area contributed by atoms with Crippen molar-refractivity contribution in [2.75, 3.05) is 7.11 Å². The maximum absolute atomic E-state index is 11.1. The molecule has 1 saturated heterocycles. The van der Waals surface area contributed by atoms with Crippen molar-refractivity contribution in [1.82, 2.24) is 0 Å². The number of aliphatic hydroxyl groups is 3. The summed E-state index contributed by atoms with van der Waals surface area (Å²) in [6, 6.07) is 4.96. The molecule has 1 fully saturated rings. The number of carbonyl (C=O) groups is 1. The highest BCUT2D eigenvalue weighted by Crippen LogP contribution is 2.35. The van der Waals surface area contributed by atoms with Crippen molar-refractivity contribution in [2.24, 2.45) is 0 Å². The van der Waals surface area contributed by atoms with Crippen LogP contribution in [0, 0.1) is 0 Å². The van der Waals surface area contributed by atoms with Crippen LogP contribution in [0.3, 0.4) is 0 Å². The predicted molar refractivity (Wildman–Crippen MR) is 86.6 cm³/mol. The van der Waals surface area contributed by atoms with E-state index in [-0.39, 0.29) is 5.41 Å². The van der Waals surface area contributed by atoms with E-state index in [1.165, 1.54) is 0 Å². The van der Waals surface area contributed by atoms with Crippen LogP contribution in [0.2, 0.25) is 0 Å². The van der Waals surface area contributed by atoms with Gasteiger partial charge in [0.05, 0.1) is 7.11 Å². The topological polar surface area (TPSA) is 126 Å². The van der Waals surface area contributed by atoms with Crippen molar-refractivity contribution < 1.29 is 39.4 Å².